The van der Waals surface area contributed by atoms with Gasteiger partial charge in [-0.1, -0.05) is 18.6 Å². The number of sulfonamides is 1. The average Bonchev–Trinajstić information content (AvgIpc) is 2.78. The maximum Gasteiger partial charge on any atom is 0.243 e. The molecule has 1 heterocycles. The molecule has 0 unspecified atom stereocenters. The highest BCUT2D eigenvalue weighted by Crippen LogP contribution is 2.29. The van der Waals surface area contributed by atoms with Crippen molar-refractivity contribution in [2.75, 3.05) is 32.6 Å². The number of nitrogens with one attached hydrogen (secondary N) is 1. The number of hydrogen-bond donors (Lipinski definition) is 2. The topological polar surface area (TPSA) is 106 Å². The number of guanidine groups is 1. The summed E-state index contributed by atoms with van der Waals surface area (Å²) in [7, 11) is -0.288. The van der Waals surface area contributed by atoms with E-state index in [1.165, 1.54) is 0 Å². The summed E-state index contributed by atoms with van der Waals surface area (Å²) >= 11 is 0. The van der Waals surface area contributed by atoms with E-state index < -0.39 is 10.0 Å². The summed E-state index contributed by atoms with van der Waals surface area (Å²) in [5.74, 6) is 1.45. The fourth-order valence-corrected chi connectivity index (χ4v) is 4.82. The van der Waals surface area contributed by atoms with Crippen LogP contribution in [-0.2, 0) is 16.6 Å². The van der Waals surface area contributed by atoms with Crippen molar-refractivity contribution in [3.63, 3.8) is 0 Å². The van der Waals surface area contributed by atoms with Crippen molar-refractivity contribution in [3.8, 4) is 11.5 Å². The van der Waals surface area contributed by atoms with E-state index in [-0.39, 0.29) is 29.9 Å². The number of hydrogen-bond acceptors (Lipinski definition) is 5. The van der Waals surface area contributed by atoms with Gasteiger partial charge in [-0.25, -0.2) is 13.4 Å². The number of ether oxygens (including phenoxy) is 2. The number of anilines is 1. The van der Waals surface area contributed by atoms with Gasteiger partial charge in [-0.2, -0.15) is 4.31 Å². The van der Waals surface area contributed by atoms with E-state index in [0.29, 0.717) is 36.0 Å². The summed E-state index contributed by atoms with van der Waals surface area (Å²) in [6, 6.07) is 12.1. The highest BCUT2D eigenvalue weighted by molar-refractivity contribution is 14.0. The summed E-state index contributed by atoms with van der Waals surface area (Å²) < 4.78 is 37.5. The van der Waals surface area contributed by atoms with Gasteiger partial charge in [0.1, 0.15) is 0 Å². The fraction of sp³-hybridized carbons (Fsp3) is 0.381. The number of rotatable bonds is 7. The van der Waals surface area contributed by atoms with Gasteiger partial charge in [0.15, 0.2) is 17.5 Å². The molecule has 3 rings (SSSR count). The van der Waals surface area contributed by atoms with Gasteiger partial charge in [0.2, 0.25) is 10.0 Å². The second kappa shape index (κ2) is 11.5. The predicted molar refractivity (Wildman–Crippen MR) is 133 cm³/mol. The minimum absolute atomic E-state index is 0. The molecule has 0 radical (unpaired) electrons. The van der Waals surface area contributed by atoms with Crippen LogP contribution in [-0.4, -0.2) is 46.0 Å². The highest BCUT2D eigenvalue weighted by atomic mass is 127. The van der Waals surface area contributed by atoms with Crippen molar-refractivity contribution < 1.29 is 17.9 Å². The van der Waals surface area contributed by atoms with Gasteiger partial charge in [0, 0.05) is 24.8 Å². The first-order valence-corrected chi connectivity index (χ1v) is 11.3. The Bertz CT molecular complexity index is 991. The van der Waals surface area contributed by atoms with Crippen molar-refractivity contribution in [1.82, 2.24) is 4.31 Å². The van der Waals surface area contributed by atoms with Crippen molar-refractivity contribution in [1.29, 1.82) is 0 Å². The lowest BCUT2D eigenvalue weighted by molar-refractivity contribution is 0.346. The van der Waals surface area contributed by atoms with Gasteiger partial charge in [-0.15, -0.1) is 24.0 Å². The molecule has 2 aromatic carbocycles. The molecule has 0 saturated carbocycles. The van der Waals surface area contributed by atoms with Crippen LogP contribution in [0, 0.1) is 0 Å². The number of nitrogens with two attached hydrogens (primary N) is 1. The molecule has 1 aliphatic heterocycles. The number of halogens is 1. The molecule has 1 fully saturated rings. The average molecular weight is 560 g/mol. The van der Waals surface area contributed by atoms with E-state index in [1.54, 1.807) is 54.9 Å². The molecule has 0 bridgehead atoms. The molecule has 170 valence electrons. The number of methoxy groups -OCH3 is 2. The lowest BCUT2D eigenvalue weighted by Gasteiger charge is -2.25. The van der Waals surface area contributed by atoms with Crippen molar-refractivity contribution in [3.05, 3.63) is 48.0 Å². The highest BCUT2D eigenvalue weighted by Gasteiger charge is 2.25. The van der Waals surface area contributed by atoms with Gasteiger partial charge in [-0.3, -0.25) is 0 Å². The van der Waals surface area contributed by atoms with Crippen LogP contribution in [0.4, 0.5) is 5.69 Å². The molecule has 10 heteroatoms. The van der Waals surface area contributed by atoms with Crippen LogP contribution in [0.15, 0.2) is 52.4 Å². The maximum atomic E-state index is 12.7. The standard InChI is InChI=1S/C21H28N4O4S.HI/c1-28-19-11-8-17(14-20(19)29-2)24-21(22)23-15-16-6-9-18(10-7-16)30(26,27)25-12-4-3-5-13-25;/h6-11,14H,3-5,12-13,15H2,1-2H3,(H3,22,23,24);1H. The molecule has 0 aliphatic carbocycles. The zero-order valence-corrected chi connectivity index (χ0v) is 20.9. The summed E-state index contributed by atoms with van der Waals surface area (Å²) in [5.41, 5.74) is 7.56. The van der Waals surface area contributed by atoms with E-state index in [2.05, 4.69) is 10.3 Å². The molecule has 3 N–H and O–H groups in total. The molecule has 0 amide bonds. The summed E-state index contributed by atoms with van der Waals surface area (Å²) in [6.07, 6.45) is 2.92. The Morgan fingerprint density at radius 1 is 1.03 bits per heavy atom. The zero-order valence-electron chi connectivity index (χ0n) is 17.7. The van der Waals surface area contributed by atoms with Gasteiger partial charge < -0.3 is 20.5 Å². The first-order valence-electron chi connectivity index (χ1n) is 9.82. The predicted octanol–water partition coefficient (Wildman–Crippen LogP) is 3.42. The maximum absolute atomic E-state index is 12.7. The minimum atomic E-state index is -3.42. The Labute approximate surface area is 200 Å². The largest absolute Gasteiger partial charge is 0.493 e. The molecule has 0 atom stereocenters. The molecule has 8 nitrogen and oxygen atoms in total. The van der Waals surface area contributed by atoms with E-state index in [9.17, 15) is 8.42 Å². The van der Waals surface area contributed by atoms with Crippen LogP contribution >= 0.6 is 24.0 Å². The molecular weight excluding hydrogens is 531 g/mol. The van der Waals surface area contributed by atoms with E-state index in [1.807, 2.05) is 6.07 Å². The van der Waals surface area contributed by atoms with Gasteiger partial charge >= 0.3 is 0 Å². The number of nitrogens with zero attached hydrogens (tertiary/aromatic N) is 2. The Balaban J connectivity index is 0.00000341. The van der Waals surface area contributed by atoms with Gasteiger partial charge in [-0.05, 0) is 42.7 Å². The number of piperidine rings is 1. The Morgan fingerprint density at radius 3 is 2.29 bits per heavy atom. The van der Waals surface area contributed by atoms with E-state index in [0.717, 1.165) is 30.5 Å². The normalized spacial score (nSPS) is 15.1. The molecule has 1 aliphatic rings. The van der Waals surface area contributed by atoms with Gasteiger partial charge in [0.25, 0.3) is 0 Å². The SMILES string of the molecule is COc1ccc(NC(N)=NCc2ccc(S(=O)(=O)N3CCCCC3)cc2)cc1OC.I. The van der Waals surface area contributed by atoms with E-state index in [4.69, 9.17) is 15.2 Å². The third kappa shape index (κ3) is 6.47. The summed E-state index contributed by atoms with van der Waals surface area (Å²) in [5, 5.41) is 3.01. The molecule has 31 heavy (non-hydrogen) atoms. The van der Waals surface area contributed by atoms with Crippen LogP contribution in [0.25, 0.3) is 0 Å². The Hall–Kier alpha value is -2.05. The van der Waals surface area contributed by atoms with Crippen LogP contribution < -0.4 is 20.5 Å². The summed E-state index contributed by atoms with van der Waals surface area (Å²) in [6.45, 7) is 1.51. The number of aliphatic imine (C=N–C) groups is 1. The molecule has 0 aromatic heterocycles. The molecule has 0 spiro atoms. The first kappa shape index (κ1) is 25.2. The monoisotopic (exact) mass is 560 g/mol. The third-order valence-electron chi connectivity index (χ3n) is 4.96. The molecular formula is C21H29IN4O4S. The van der Waals surface area contributed by atoms with Crippen LogP contribution in [0.1, 0.15) is 24.8 Å². The fourth-order valence-electron chi connectivity index (χ4n) is 3.30. The zero-order chi connectivity index (χ0) is 21.6. The van der Waals surface area contributed by atoms with Crippen LogP contribution in [0.2, 0.25) is 0 Å². The van der Waals surface area contributed by atoms with Crippen LogP contribution in [0.5, 0.6) is 11.5 Å². The number of benzene rings is 2. The van der Waals surface area contributed by atoms with E-state index >= 15 is 0 Å². The summed E-state index contributed by atoms with van der Waals surface area (Å²) in [4.78, 5) is 4.63. The first-order chi connectivity index (χ1) is 14.4. The van der Waals surface area contributed by atoms with Gasteiger partial charge in [0.05, 0.1) is 25.7 Å². The minimum Gasteiger partial charge on any atom is -0.493 e. The Morgan fingerprint density at radius 2 is 1.68 bits per heavy atom. The lowest BCUT2D eigenvalue weighted by Crippen LogP contribution is -2.35. The second-order valence-corrected chi connectivity index (χ2v) is 8.94. The molecule has 1 saturated heterocycles. The van der Waals surface area contributed by atoms with Crippen LogP contribution in [0.3, 0.4) is 0 Å². The van der Waals surface area contributed by atoms with Crippen molar-refractivity contribution >= 4 is 45.6 Å². The van der Waals surface area contributed by atoms with Crippen molar-refractivity contribution in [2.45, 2.75) is 30.7 Å². The quantitative estimate of drug-likeness (QED) is 0.306. The third-order valence-corrected chi connectivity index (χ3v) is 6.88. The smallest absolute Gasteiger partial charge is 0.243 e. The van der Waals surface area contributed by atoms with Crippen molar-refractivity contribution in [2.24, 2.45) is 10.7 Å². The molecule has 2 aromatic rings. The Kier molecular flexibility index (Phi) is 9.38. The second-order valence-electron chi connectivity index (χ2n) is 7.00. The lowest BCUT2D eigenvalue weighted by atomic mass is 10.2.